The van der Waals surface area contributed by atoms with Gasteiger partial charge in [0.2, 0.25) is 5.91 Å². The summed E-state index contributed by atoms with van der Waals surface area (Å²) >= 11 is 0. The zero-order valence-electron chi connectivity index (χ0n) is 20.8. The highest BCUT2D eigenvalue weighted by molar-refractivity contribution is 5.78. The molecule has 184 valence electrons. The molecular formula is C30H34FNO3. The first-order valence-corrected chi connectivity index (χ1v) is 11.9. The molecule has 0 aliphatic heterocycles. The lowest BCUT2D eigenvalue weighted by Gasteiger charge is -2.17. The molecular weight excluding hydrogens is 441 g/mol. The fourth-order valence-electron chi connectivity index (χ4n) is 4.24. The van der Waals surface area contributed by atoms with Crippen molar-refractivity contribution in [3.05, 3.63) is 100 Å². The molecule has 0 fully saturated rings. The third-order valence-corrected chi connectivity index (χ3v) is 6.10. The normalized spacial score (nSPS) is 14.0. The molecule has 1 amide bonds. The first-order valence-electron chi connectivity index (χ1n) is 11.9. The molecule has 3 aromatic rings. The van der Waals surface area contributed by atoms with Crippen molar-refractivity contribution in [3.63, 3.8) is 0 Å². The smallest absolute Gasteiger partial charge is 0.223 e. The molecule has 3 N–H and O–H groups in total. The Kier molecular flexibility index (Phi) is 8.96. The van der Waals surface area contributed by atoms with Gasteiger partial charge < -0.3 is 15.5 Å². The van der Waals surface area contributed by atoms with Crippen LogP contribution in [-0.4, -0.2) is 28.3 Å². The molecule has 0 spiro atoms. The summed E-state index contributed by atoms with van der Waals surface area (Å²) in [6.45, 7) is 7.63. The van der Waals surface area contributed by atoms with Gasteiger partial charge in [-0.2, -0.15) is 0 Å². The first-order chi connectivity index (χ1) is 16.6. The highest BCUT2D eigenvalue weighted by atomic mass is 19.1. The van der Waals surface area contributed by atoms with Crippen molar-refractivity contribution in [2.75, 3.05) is 0 Å². The van der Waals surface area contributed by atoms with Gasteiger partial charge in [0.1, 0.15) is 5.82 Å². The van der Waals surface area contributed by atoms with Crippen LogP contribution >= 0.6 is 0 Å². The lowest BCUT2D eigenvalue weighted by atomic mass is 9.92. The molecule has 0 radical (unpaired) electrons. The van der Waals surface area contributed by atoms with E-state index in [2.05, 4.69) is 11.4 Å². The molecule has 35 heavy (non-hydrogen) atoms. The molecule has 5 heteroatoms. The van der Waals surface area contributed by atoms with Crippen LogP contribution in [0, 0.1) is 26.6 Å². The number of aliphatic hydroxyl groups excluding tert-OH is 2. The lowest BCUT2D eigenvalue weighted by molar-refractivity contribution is -0.123. The van der Waals surface area contributed by atoms with E-state index >= 15 is 0 Å². The van der Waals surface area contributed by atoms with Crippen LogP contribution in [0.25, 0.3) is 17.2 Å². The summed E-state index contributed by atoms with van der Waals surface area (Å²) < 4.78 is 13.8. The van der Waals surface area contributed by atoms with Crippen molar-refractivity contribution in [1.29, 1.82) is 0 Å². The Morgan fingerprint density at radius 2 is 1.71 bits per heavy atom. The largest absolute Gasteiger partial charge is 0.392 e. The third kappa shape index (κ3) is 7.35. The van der Waals surface area contributed by atoms with Gasteiger partial charge >= 0.3 is 0 Å². The van der Waals surface area contributed by atoms with E-state index in [0.29, 0.717) is 5.56 Å². The highest BCUT2D eigenvalue weighted by Crippen LogP contribution is 2.30. The molecule has 0 aliphatic rings. The monoisotopic (exact) mass is 475 g/mol. The molecule has 0 saturated carbocycles. The topological polar surface area (TPSA) is 69.6 Å². The fraction of sp³-hybridized carbons (Fsp3) is 0.300. The van der Waals surface area contributed by atoms with E-state index in [0.717, 1.165) is 33.4 Å². The minimum absolute atomic E-state index is 0.0412. The zero-order chi connectivity index (χ0) is 25.5. The second-order valence-electron chi connectivity index (χ2n) is 9.23. The predicted octanol–water partition coefficient (Wildman–Crippen LogP) is 5.81. The van der Waals surface area contributed by atoms with Crippen LogP contribution in [0.2, 0.25) is 0 Å². The maximum absolute atomic E-state index is 13.8. The predicted molar refractivity (Wildman–Crippen MR) is 139 cm³/mol. The minimum Gasteiger partial charge on any atom is -0.392 e. The van der Waals surface area contributed by atoms with Crippen LogP contribution in [-0.2, 0) is 4.79 Å². The van der Waals surface area contributed by atoms with Crippen molar-refractivity contribution < 1.29 is 19.4 Å². The number of rotatable bonds is 9. The van der Waals surface area contributed by atoms with E-state index < -0.39 is 12.2 Å². The van der Waals surface area contributed by atoms with Gasteiger partial charge in [-0.05, 0) is 73.2 Å². The van der Waals surface area contributed by atoms with Gasteiger partial charge in [0.05, 0.1) is 24.7 Å². The molecule has 0 saturated heterocycles. The maximum atomic E-state index is 13.8. The van der Waals surface area contributed by atoms with Crippen LogP contribution in [0.4, 0.5) is 4.39 Å². The van der Waals surface area contributed by atoms with Gasteiger partial charge in [-0.1, -0.05) is 66.2 Å². The van der Waals surface area contributed by atoms with Crippen LogP contribution in [0.1, 0.15) is 53.6 Å². The zero-order valence-corrected chi connectivity index (χ0v) is 20.8. The number of carbonyl (C=O) groups is 1. The Morgan fingerprint density at radius 3 is 2.40 bits per heavy atom. The average molecular weight is 476 g/mol. The number of aryl methyl sites for hydroxylation is 3. The van der Waals surface area contributed by atoms with Crippen molar-refractivity contribution in [3.8, 4) is 11.1 Å². The molecule has 0 heterocycles. The first kappa shape index (κ1) is 26.3. The third-order valence-electron chi connectivity index (χ3n) is 6.10. The van der Waals surface area contributed by atoms with Gasteiger partial charge in [0.25, 0.3) is 0 Å². The number of benzene rings is 3. The van der Waals surface area contributed by atoms with Crippen molar-refractivity contribution >= 4 is 12.0 Å². The molecule has 4 nitrogen and oxygen atoms in total. The maximum Gasteiger partial charge on any atom is 0.223 e. The van der Waals surface area contributed by atoms with Gasteiger partial charge in [-0.15, -0.1) is 0 Å². The molecule has 0 aliphatic carbocycles. The van der Waals surface area contributed by atoms with E-state index in [4.69, 9.17) is 0 Å². The van der Waals surface area contributed by atoms with Crippen molar-refractivity contribution in [2.24, 2.45) is 0 Å². The Morgan fingerprint density at radius 1 is 1.00 bits per heavy atom. The summed E-state index contributed by atoms with van der Waals surface area (Å²) in [6.07, 6.45) is 1.51. The summed E-state index contributed by atoms with van der Waals surface area (Å²) in [5.74, 6) is -0.518. The second-order valence-corrected chi connectivity index (χ2v) is 9.23. The molecule has 0 aromatic heterocycles. The Hall–Kier alpha value is -3.28. The number of nitrogens with one attached hydrogen (secondary N) is 1. The van der Waals surface area contributed by atoms with Crippen LogP contribution in [0.3, 0.4) is 0 Å². The number of hydrogen-bond acceptors (Lipinski definition) is 3. The number of aliphatic hydroxyl groups is 2. The summed E-state index contributed by atoms with van der Waals surface area (Å²) in [6, 6.07) is 18.6. The van der Waals surface area contributed by atoms with Crippen LogP contribution in [0.5, 0.6) is 0 Å². The van der Waals surface area contributed by atoms with Gasteiger partial charge in [0, 0.05) is 6.42 Å². The highest BCUT2D eigenvalue weighted by Gasteiger charge is 2.17. The fourth-order valence-corrected chi connectivity index (χ4v) is 4.24. The van der Waals surface area contributed by atoms with E-state index in [1.165, 1.54) is 6.07 Å². The van der Waals surface area contributed by atoms with E-state index in [1.807, 2.05) is 69.3 Å². The van der Waals surface area contributed by atoms with Crippen molar-refractivity contribution in [2.45, 2.75) is 58.8 Å². The number of amides is 1. The number of halogens is 1. The molecule has 0 unspecified atom stereocenters. The van der Waals surface area contributed by atoms with E-state index in [-0.39, 0.29) is 30.6 Å². The van der Waals surface area contributed by atoms with Gasteiger partial charge in [0.15, 0.2) is 0 Å². The molecule has 3 rings (SSSR count). The summed E-state index contributed by atoms with van der Waals surface area (Å²) in [5.41, 5.74) is 6.43. The summed E-state index contributed by atoms with van der Waals surface area (Å²) in [7, 11) is 0. The molecule has 0 bridgehead atoms. The lowest BCUT2D eigenvalue weighted by Crippen LogP contribution is -2.31. The van der Waals surface area contributed by atoms with Crippen LogP contribution < -0.4 is 5.32 Å². The summed E-state index contributed by atoms with van der Waals surface area (Å²) in [4.78, 5) is 12.3. The SMILES string of the molecule is Cc1cc(C)c(C=C[C@@H](O)C[C@@H](O)CC(=O)N[C@@H](C)c2ccccc2)c(-c2ccc(F)c(C)c2)c1. The Labute approximate surface area is 207 Å². The quantitative estimate of drug-likeness (QED) is 0.366. The average Bonchev–Trinajstić information content (AvgIpc) is 2.80. The van der Waals surface area contributed by atoms with Gasteiger partial charge in [-0.25, -0.2) is 4.39 Å². The van der Waals surface area contributed by atoms with Gasteiger partial charge in [-0.3, -0.25) is 4.79 Å². The Balaban J connectivity index is 1.65. The number of hydrogen-bond donors (Lipinski definition) is 3. The molecule has 3 atom stereocenters. The Bertz CT molecular complexity index is 1190. The molecule has 3 aromatic carbocycles. The van der Waals surface area contributed by atoms with E-state index in [1.54, 1.807) is 19.1 Å². The second kappa shape index (κ2) is 11.9. The van der Waals surface area contributed by atoms with Crippen LogP contribution in [0.15, 0.2) is 66.7 Å². The standard InChI is InChI=1S/C30H34FNO3/c1-19-14-20(2)27(28(15-19)24-10-13-29(31)21(3)16-24)12-11-25(33)17-26(34)18-30(35)32-22(4)23-8-6-5-7-9-23/h5-16,22,25-26,33-34H,17-18H2,1-4H3,(H,32,35)/t22-,25+,26+/m0/s1. The number of carbonyl (C=O) groups excluding carboxylic acids is 1. The summed E-state index contributed by atoms with van der Waals surface area (Å²) in [5, 5.41) is 23.8. The van der Waals surface area contributed by atoms with E-state index in [9.17, 15) is 19.4 Å². The minimum atomic E-state index is -0.976. The van der Waals surface area contributed by atoms with Crippen molar-refractivity contribution in [1.82, 2.24) is 5.32 Å².